The van der Waals surface area contributed by atoms with Gasteiger partial charge in [0.15, 0.2) is 4.96 Å². The fraction of sp³-hybridized carbons (Fsp3) is 0.0769. The molecule has 0 atom stereocenters. The van der Waals surface area contributed by atoms with E-state index >= 15 is 0 Å². The molecule has 1 aromatic carbocycles. The molecule has 2 aromatic heterocycles. The van der Waals surface area contributed by atoms with E-state index in [9.17, 15) is 0 Å². The lowest BCUT2D eigenvalue weighted by Gasteiger charge is -2.04. The maximum absolute atomic E-state index is 8.79. The quantitative estimate of drug-likeness (QED) is 0.741. The summed E-state index contributed by atoms with van der Waals surface area (Å²) in [6.07, 6.45) is 3.88. The first-order valence-electron chi connectivity index (χ1n) is 5.50. The van der Waals surface area contributed by atoms with Crippen LogP contribution in [0.15, 0.2) is 36.0 Å². The molecule has 4 nitrogen and oxygen atoms in total. The molecule has 0 fully saturated rings. The first kappa shape index (κ1) is 12.0. The summed E-state index contributed by atoms with van der Waals surface area (Å²) in [5, 5.41) is 11.2. The molecule has 0 saturated carbocycles. The first-order valence-corrected chi connectivity index (χ1v) is 6.75. The van der Waals surface area contributed by atoms with Crippen LogP contribution in [-0.4, -0.2) is 9.38 Å². The fourth-order valence-electron chi connectivity index (χ4n) is 1.68. The van der Waals surface area contributed by atoms with E-state index in [4.69, 9.17) is 21.6 Å². The van der Waals surface area contributed by atoms with Gasteiger partial charge in [0, 0.05) is 23.8 Å². The molecule has 0 aliphatic carbocycles. The largest absolute Gasteiger partial charge is 0.487 e. The molecule has 0 aliphatic heterocycles. The van der Waals surface area contributed by atoms with Crippen molar-refractivity contribution in [3.8, 4) is 11.8 Å². The van der Waals surface area contributed by atoms with Crippen LogP contribution >= 0.6 is 22.9 Å². The molecule has 0 unspecified atom stereocenters. The van der Waals surface area contributed by atoms with Crippen LogP contribution in [0.4, 0.5) is 0 Å². The average molecular weight is 290 g/mol. The molecule has 19 heavy (non-hydrogen) atoms. The maximum Gasteiger partial charge on any atom is 0.193 e. The lowest BCUT2D eigenvalue weighted by molar-refractivity contribution is 0.302. The molecule has 6 heteroatoms. The van der Waals surface area contributed by atoms with Gasteiger partial charge in [0.05, 0.1) is 16.3 Å². The molecule has 0 spiro atoms. The van der Waals surface area contributed by atoms with Gasteiger partial charge in [-0.05, 0) is 12.1 Å². The summed E-state index contributed by atoms with van der Waals surface area (Å²) in [5.74, 6) is 0.625. The molecule has 0 bridgehead atoms. The highest BCUT2D eigenvalue weighted by Crippen LogP contribution is 2.22. The van der Waals surface area contributed by atoms with Gasteiger partial charge in [-0.1, -0.05) is 11.6 Å². The summed E-state index contributed by atoms with van der Waals surface area (Å²) in [7, 11) is 0. The van der Waals surface area contributed by atoms with Gasteiger partial charge in [-0.2, -0.15) is 5.26 Å². The third-order valence-electron chi connectivity index (χ3n) is 2.59. The summed E-state index contributed by atoms with van der Waals surface area (Å²) >= 11 is 7.51. The molecule has 94 valence electrons. The molecule has 3 rings (SSSR count). The van der Waals surface area contributed by atoms with Crippen molar-refractivity contribution >= 4 is 27.9 Å². The van der Waals surface area contributed by atoms with E-state index in [0.29, 0.717) is 22.9 Å². The predicted octanol–water partition coefficient (Wildman–Crippen LogP) is 3.50. The molecular formula is C13H8ClN3OS. The third kappa shape index (κ3) is 2.41. The second-order valence-electron chi connectivity index (χ2n) is 3.87. The van der Waals surface area contributed by atoms with Crippen LogP contribution in [0.25, 0.3) is 4.96 Å². The Morgan fingerprint density at radius 2 is 2.37 bits per heavy atom. The zero-order valence-corrected chi connectivity index (χ0v) is 11.3. The highest BCUT2D eigenvalue weighted by molar-refractivity contribution is 7.15. The standard InChI is InChI=1S/C13H8ClN3OS/c14-12-5-11(2-1-9(12)6-15)18-8-10-7-17-3-4-19-13(17)16-10/h1-5,7H,8H2. The normalized spacial score (nSPS) is 10.5. The van der Waals surface area contributed by atoms with Crippen LogP contribution in [0.1, 0.15) is 11.3 Å². The lowest BCUT2D eigenvalue weighted by atomic mass is 10.2. The van der Waals surface area contributed by atoms with Crippen molar-refractivity contribution in [2.24, 2.45) is 0 Å². The van der Waals surface area contributed by atoms with Crippen molar-refractivity contribution in [3.63, 3.8) is 0 Å². The van der Waals surface area contributed by atoms with Crippen molar-refractivity contribution in [1.82, 2.24) is 9.38 Å². The van der Waals surface area contributed by atoms with Gasteiger partial charge in [-0.15, -0.1) is 11.3 Å². The minimum Gasteiger partial charge on any atom is -0.487 e. The number of nitrogens with zero attached hydrogens (tertiary/aromatic N) is 3. The Morgan fingerprint density at radius 3 is 3.11 bits per heavy atom. The maximum atomic E-state index is 8.79. The van der Waals surface area contributed by atoms with E-state index in [2.05, 4.69) is 4.98 Å². The summed E-state index contributed by atoms with van der Waals surface area (Å²) in [6, 6.07) is 7.01. The van der Waals surface area contributed by atoms with Gasteiger partial charge in [0.2, 0.25) is 0 Å². The zero-order chi connectivity index (χ0) is 13.2. The average Bonchev–Trinajstić information content (AvgIpc) is 2.97. The van der Waals surface area contributed by atoms with E-state index in [0.717, 1.165) is 10.7 Å². The first-order chi connectivity index (χ1) is 9.26. The van der Waals surface area contributed by atoms with Crippen molar-refractivity contribution in [3.05, 3.63) is 52.3 Å². The Labute approximate surface area is 118 Å². The van der Waals surface area contributed by atoms with Crippen LogP contribution in [0.5, 0.6) is 5.75 Å². The van der Waals surface area contributed by atoms with Crippen LogP contribution in [0.2, 0.25) is 5.02 Å². The summed E-state index contributed by atoms with van der Waals surface area (Å²) in [4.78, 5) is 5.36. The topological polar surface area (TPSA) is 50.3 Å². The molecule has 0 amide bonds. The monoisotopic (exact) mass is 289 g/mol. The second kappa shape index (κ2) is 4.92. The smallest absolute Gasteiger partial charge is 0.193 e. The van der Waals surface area contributed by atoms with Crippen molar-refractivity contribution in [2.45, 2.75) is 6.61 Å². The molecule has 2 heterocycles. The van der Waals surface area contributed by atoms with Crippen molar-refractivity contribution < 1.29 is 4.74 Å². The molecular weight excluding hydrogens is 282 g/mol. The van der Waals surface area contributed by atoms with Crippen LogP contribution in [-0.2, 0) is 6.61 Å². The Balaban J connectivity index is 1.74. The highest BCUT2D eigenvalue weighted by atomic mass is 35.5. The lowest BCUT2D eigenvalue weighted by Crippen LogP contribution is -1.95. The summed E-state index contributed by atoms with van der Waals surface area (Å²) in [5.41, 5.74) is 1.30. The van der Waals surface area contributed by atoms with Gasteiger partial charge in [-0.3, -0.25) is 4.40 Å². The number of rotatable bonds is 3. The third-order valence-corrected chi connectivity index (χ3v) is 3.67. The van der Waals surface area contributed by atoms with E-state index in [1.165, 1.54) is 0 Å². The molecule has 0 radical (unpaired) electrons. The van der Waals surface area contributed by atoms with Crippen LogP contribution < -0.4 is 4.74 Å². The van der Waals surface area contributed by atoms with Crippen LogP contribution in [0.3, 0.4) is 0 Å². The number of nitriles is 1. The highest BCUT2D eigenvalue weighted by Gasteiger charge is 2.05. The number of thiazole rings is 1. The number of hydrogen-bond donors (Lipinski definition) is 0. The Hall–Kier alpha value is -2.03. The molecule has 0 aliphatic rings. The van der Waals surface area contributed by atoms with E-state index in [-0.39, 0.29) is 0 Å². The Morgan fingerprint density at radius 1 is 1.47 bits per heavy atom. The van der Waals surface area contributed by atoms with E-state index < -0.39 is 0 Å². The van der Waals surface area contributed by atoms with Gasteiger partial charge in [0.25, 0.3) is 0 Å². The van der Waals surface area contributed by atoms with Gasteiger partial charge in [-0.25, -0.2) is 4.98 Å². The number of ether oxygens (including phenoxy) is 1. The summed E-state index contributed by atoms with van der Waals surface area (Å²) < 4.78 is 7.56. The number of benzene rings is 1. The molecule has 0 N–H and O–H groups in total. The van der Waals surface area contributed by atoms with Gasteiger partial charge < -0.3 is 4.74 Å². The number of aromatic nitrogens is 2. The minimum absolute atomic E-state index is 0.372. The Kier molecular flexibility index (Phi) is 3.11. The molecule has 0 saturated heterocycles. The predicted molar refractivity (Wildman–Crippen MR) is 73.6 cm³/mol. The van der Waals surface area contributed by atoms with Crippen LogP contribution in [0, 0.1) is 11.3 Å². The van der Waals surface area contributed by atoms with Crippen molar-refractivity contribution in [2.75, 3.05) is 0 Å². The summed E-state index contributed by atoms with van der Waals surface area (Å²) in [6.45, 7) is 0.372. The Bertz CT molecular complexity index is 743. The van der Waals surface area contributed by atoms with Gasteiger partial charge in [0.1, 0.15) is 18.4 Å². The SMILES string of the molecule is N#Cc1ccc(OCc2cn3ccsc3n2)cc1Cl. The fourth-order valence-corrected chi connectivity index (χ4v) is 2.61. The van der Waals surface area contributed by atoms with Crippen molar-refractivity contribution in [1.29, 1.82) is 5.26 Å². The number of hydrogen-bond acceptors (Lipinski definition) is 4. The molecule has 3 aromatic rings. The second-order valence-corrected chi connectivity index (χ2v) is 5.15. The minimum atomic E-state index is 0.372. The van der Waals surface area contributed by atoms with Gasteiger partial charge >= 0.3 is 0 Å². The van der Waals surface area contributed by atoms with E-state index in [1.54, 1.807) is 29.5 Å². The van der Waals surface area contributed by atoms with E-state index in [1.807, 2.05) is 28.2 Å². The number of fused-ring (bicyclic) bond motifs is 1. The number of halogens is 1. The number of imidazole rings is 1. The zero-order valence-electron chi connectivity index (χ0n) is 9.71.